The molecule has 0 radical (unpaired) electrons. The van der Waals surface area contributed by atoms with Crippen LogP contribution in [0.1, 0.15) is 43.2 Å². The van der Waals surface area contributed by atoms with Gasteiger partial charge in [0.25, 0.3) is 0 Å². The number of aryl methyl sites for hydroxylation is 1. The zero-order valence-corrected chi connectivity index (χ0v) is 14.3. The summed E-state index contributed by atoms with van der Waals surface area (Å²) in [6.07, 6.45) is 8.32. The van der Waals surface area contributed by atoms with E-state index < -0.39 is 5.97 Å². The standard InChI is InChI=1S/C20H28N2O2/c23-20(24)13-22(12-14-5-6-14)19-10-18(11-19)21-17-8-7-15-3-1-2-4-16(15)9-17/h1-4,14,17-19,21H,5-13H2,(H,23,24). The number of benzene rings is 1. The van der Waals surface area contributed by atoms with Gasteiger partial charge in [-0.2, -0.15) is 0 Å². The molecule has 0 aliphatic heterocycles. The van der Waals surface area contributed by atoms with Crippen LogP contribution in [0.2, 0.25) is 0 Å². The van der Waals surface area contributed by atoms with Gasteiger partial charge in [0.1, 0.15) is 0 Å². The first-order chi connectivity index (χ1) is 11.7. The number of carboxylic acids is 1. The van der Waals surface area contributed by atoms with Crippen molar-refractivity contribution in [3.63, 3.8) is 0 Å². The molecule has 4 nitrogen and oxygen atoms in total. The minimum atomic E-state index is -0.684. The van der Waals surface area contributed by atoms with Crippen LogP contribution in [-0.2, 0) is 17.6 Å². The summed E-state index contributed by atoms with van der Waals surface area (Å²) in [5, 5.41) is 13.0. The lowest BCUT2D eigenvalue weighted by atomic mass is 9.82. The van der Waals surface area contributed by atoms with E-state index in [1.807, 2.05) is 0 Å². The number of hydrogen-bond donors (Lipinski definition) is 2. The Morgan fingerprint density at radius 2 is 1.88 bits per heavy atom. The average Bonchev–Trinajstić information content (AvgIpc) is 3.33. The molecule has 1 aromatic carbocycles. The maximum absolute atomic E-state index is 11.1. The van der Waals surface area contributed by atoms with E-state index in [4.69, 9.17) is 5.11 Å². The van der Waals surface area contributed by atoms with E-state index >= 15 is 0 Å². The number of fused-ring (bicyclic) bond motifs is 1. The fourth-order valence-corrected chi connectivity index (χ4v) is 4.34. The smallest absolute Gasteiger partial charge is 0.317 e. The lowest BCUT2D eigenvalue weighted by Gasteiger charge is -2.44. The summed E-state index contributed by atoms with van der Waals surface area (Å²) in [5.41, 5.74) is 3.01. The Balaban J connectivity index is 1.26. The molecule has 0 aromatic heterocycles. The van der Waals surface area contributed by atoms with E-state index in [1.54, 1.807) is 0 Å². The third-order valence-electron chi connectivity index (χ3n) is 5.98. The Morgan fingerprint density at radius 1 is 1.12 bits per heavy atom. The van der Waals surface area contributed by atoms with Crippen molar-refractivity contribution >= 4 is 5.97 Å². The fraction of sp³-hybridized carbons (Fsp3) is 0.650. The maximum atomic E-state index is 11.1. The monoisotopic (exact) mass is 328 g/mol. The van der Waals surface area contributed by atoms with E-state index in [2.05, 4.69) is 34.5 Å². The molecule has 2 fully saturated rings. The third-order valence-corrected chi connectivity index (χ3v) is 5.98. The quantitative estimate of drug-likeness (QED) is 0.807. The van der Waals surface area contributed by atoms with Gasteiger partial charge in [0.15, 0.2) is 0 Å². The summed E-state index contributed by atoms with van der Waals surface area (Å²) < 4.78 is 0. The molecule has 0 saturated heterocycles. The second-order valence-corrected chi connectivity index (χ2v) is 7.96. The van der Waals surface area contributed by atoms with Gasteiger partial charge < -0.3 is 10.4 Å². The van der Waals surface area contributed by atoms with Gasteiger partial charge in [0, 0.05) is 24.7 Å². The van der Waals surface area contributed by atoms with Gasteiger partial charge in [-0.05, 0) is 62.0 Å². The largest absolute Gasteiger partial charge is 0.480 e. The molecule has 0 spiro atoms. The van der Waals surface area contributed by atoms with Crippen LogP contribution in [0.25, 0.3) is 0 Å². The summed E-state index contributed by atoms with van der Waals surface area (Å²) in [4.78, 5) is 13.3. The Hall–Kier alpha value is -1.39. The van der Waals surface area contributed by atoms with Crippen molar-refractivity contribution in [3.05, 3.63) is 35.4 Å². The Labute approximate surface area is 144 Å². The van der Waals surface area contributed by atoms with Crippen molar-refractivity contribution in [3.8, 4) is 0 Å². The molecule has 1 aromatic rings. The van der Waals surface area contributed by atoms with Gasteiger partial charge >= 0.3 is 5.97 Å². The van der Waals surface area contributed by atoms with Crippen molar-refractivity contribution in [2.45, 2.75) is 63.1 Å². The summed E-state index contributed by atoms with van der Waals surface area (Å²) in [6.45, 7) is 1.20. The van der Waals surface area contributed by atoms with Crippen LogP contribution >= 0.6 is 0 Å². The van der Waals surface area contributed by atoms with Gasteiger partial charge in [-0.15, -0.1) is 0 Å². The van der Waals surface area contributed by atoms with Crippen molar-refractivity contribution in [1.82, 2.24) is 10.2 Å². The van der Waals surface area contributed by atoms with Crippen LogP contribution in [0.15, 0.2) is 24.3 Å². The molecule has 1 atom stereocenters. The van der Waals surface area contributed by atoms with Crippen LogP contribution in [0.3, 0.4) is 0 Å². The van der Waals surface area contributed by atoms with Gasteiger partial charge in [-0.1, -0.05) is 24.3 Å². The van der Waals surface area contributed by atoms with Crippen LogP contribution < -0.4 is 5.32 Å². The topological polar surface area (TPSA) is 52.6 Å². The molecule has 0 heterocycles. The van der Waals surface area contributed by atoms with Crippen molar-refractivity contribution in [2.24, 2.45) is 5.92 Å². The molecule has 24 heavy (non-hydrogen) atoms. The lowest BCUT2D eigenvalue weighted by molar-refractivity contribution is -0.139. The number of carbonyl (C=O) groups is 1. The Morgan fingerprint density at radius 3 is 2.58 bits per heavy atom. The van der Waals surface area contributed by atoms with Gasteiger partial charge in [-0.3, -0.25) is 9.69 Å². The highest BCUT2D eigenvalue weighted by molar-refractivity contribution is 5.69. The first kappa shape index (κ1) is 16.1. The summed E-state index contributed by atoms with van der Waals surface area (Å²) in [5.74, 6) is 0.0714. The maximum Gasteiger partial charge on any atom is 0.317 e. The molecular weight excluding hydrogens is 300 g/mol. The molecular formula is C20H28N2O2. The highest BCUT2D eigenvalue weighted by Crippen LogP contribution is 2.34. The fourth-order valence-electron chi connectivity index (χ4n) is 4.34. The number of aliphatic carboxylic acids is 1. The Kier molecular flexibility index (Phi) is 4.59. The number of nitrogens with one attached hydrogen (secondary N) is 1. The molecule has 130 valence electrons. The molecule has 1 unspecified atom stereocenters. The van der Waals surface area contributed by atoms with Gasteiger partial charge in [-0.25, -0.2) is 0 Å². The molecule has 3 aliphatic rings. The molecule has 0 bridgehead atoms. The summed E-state index contributed by atoms with van der Waals surface area (Å²) in [7, 11) is 0. The van der Waals surface area contributed by atoms with Crippen molar-refractivity contribution in [2.75, 3.05) is 13.1 Å². The lowest BCUT2D eigenvalue weighted by Crippen LogP contribution is -2.56. The zero-order chi connectivity index (χ0) is 16.5. The molecule has 3 aliphatic carbocycles. The third kappa shape index (κ3) is 3.81. The average molecular weight is 328 g/mol. The first-order valence-corrected chi connectivity index (χ1v) is 9.46. The van der Waals surface area contributed by atoms with Crippen LogP contribution in [0, 0.1) is 5.92 Å². The van der Waals surface area contributed by atoms with E-state index in [1.165, 1.54) is 36.8 Å². The van der Waals surface area contributed by atoms with E-state index in [0.717, 1.165) is 31.7 Å². The number of nitrogens with zero attached hydrogens (tertiary/aromatic N) is 1. The highest BCUT2D eigenvalue weighted by atomic mass is 16.4. The normalized spacial score (nSPS) is 29.1. The van der Waals surface area contributed by atoms with E-state index in [9.17, 15) is 4.79 Å². The number of hydrogen-bond acceptors (Lipinski definition) is 3. The van der Waals surface area contributed by atoms with Crippen molar-refractivity contribution < 1.29 is 9.90 Å². The van der Waals surface area contributed by atoms with Crippen LogP contribution in [0.4, 0.5) is 0 Å². The Bertz CT molecular complexity index is 593. The SMILES string of the molecule is O=C(O)CN(CC1CC1)C1CC(NC2CCc3ccccc3C2)C1. The second-order valence-electron chi connectivity index (χ2n) is 7.96. The minimum Gasteiger partial charge on any atom is -0.480 e. The number of carboxylic acid groups (broad SMARTS) is 1. The molecule has 4 rings (SSSR count). The van der Waals surface area contributed by atoms with Gasteiger partial charge in [0.05, 0.1) is 6.54 Å². The first-order valence-electron chi connectivity index (χ1n) is 9.46. The van der Waals surface area contributed by atoms with E-state index in [0.29, 0.717) is 18.1 Å². The highest BCUT2D eigenvalue weighted by Gasteiger charge is 2.38. The molecule has 2 N–H and O–H groups in total. The predicted octanol–water partition coefficient (Wildman–Crippen LogP) is 2.46. The molecule has 0 amide bonds. The number of rotatable bonds is 7. The van der Waals surface area contributed by atoms with Gasteiger partial charge in [0.2, 0.25) is 0 Å². The predicted molar refractivity (Wildman–Crippen MR) is 94.1 cm³/mol. The van der Waals surface area contributed by atoms with E-state index in [-0.39, 0.29) is 6.54 Å². The molecule has 4 heteroatoms. The van der Waals surface area contributed by atoms with Crippen LogP contribution in [0.5, 0.6) is 0 Å². The minimum absolute atomic E-state index is 0.213. The second kappa shape index (κ2) is 6.85. The summed E-state index contributed by atoms with van der Waals surface area (Å²) in [6, 6.07) is 10.4. The summed E-state index contributed by atoms with van der Waals surface area (Å²) >= 11 is 0. The van der Waals surface area contributed by atoms with Crippen LogP contribution in [-0.4, -0.2) is 47.2 Å². The molecule has 2 saturated carbocycles. The van der Waals surface area contributed by atoms with Crippen molar-refractivity contribution in [1.29, 1.82) is 0 Å². The zero-order valence-electron chi connectivity index (χ0n) is 14.3.